The van der Waals surface area contributed by atoms with Gasteiger partial charge in [-0.3, -0.25) is 9.59 Å². The number of nitrogens with zero attached hydrogens (tertiary/aromatic N) is 2. The summed E-state index contributed by atoms with van der Waals surface area (Å²) < 4.78 is 43.9. The van der Waals surface area contributed by atoms with Crippen LogP contribution >= 0.6 is 0 Å². The van der Waals surface area contributed by atoms with Crippen molar-refractivity contribution in [1.29, 1.82) is 0 Å². The number of ether oxygens (including phenoxy) is 1. The molecule has 8 heteroatoms. The van der Waals surface area contributed by atoms with Crippen LogP contribution in [0.4, 0.5) is 13.2 Å². The molecule has 0 N–H and O–H groups in total. The predicted molar refractivity (Wildman–Crippen MR) is 77.1 cm³/mol. The molecule has 0 aliphatic rings. The number of benzene rings is 1. The van der Waals surface area contributed by atoms with E-state index in [2.05, 4.69) is 9.84 Å². The van der Waals surface area contributed by atoms with Crippen LogP contribution in [0.25, 0.3) is 10.8 Å². The Morgan fingerprint density at radius 3 is 2.48 bits per heavy atom. The molecule has 0 bridgehead atoms. The summed E-state index contributed by atoms with van der Waals surface area (Å²) in [6, 6.07) is 2.95. The Labute approximate surface area is 129 Å². The molecule has 0 atom stereocenters. The summed E-state index contributed by atoms with van der Waals surface area (Å²) in [5, 5.41) is 4.33. The van der Waals surface area contributed by atoms with Crippen molar-refractivity contribution in [3.63, 3.8) is 0 Å². The summed E-state index contributed by atoms with van der Waals surface area (Å²) in [5.41, 5.74) is -1.24. The van der Waals surface area contributed by atoms with E-state index >= 15 is 0 Å². The fourth-order valence-corrected chi connectivity index (χ4v) is 2.21. The molecule has 5 nitrogen and oxygen atoms in total. The zero-order valence-corrected chi connectivity index (χ0v) is 12.8. The van der Waals surface area contributed by atoms with Crippen molar-refractivity contribution in [3.8, 4) is 0 Å². The molecule has 0 radical (unpaired) electrons. The van der Waals surface area contributed by atoms with E-state index in [9.17, 15) is 22.8 Å². The Hall–Kier alpha value is -2.38. The van der Waals surface area contributed by atoms with Crippen LogP contribution in [0.3, 0.4) is 0 Å². The maximum absolute atomic E-state index is 12.9. The monoisotopic (exact) mass is 328 g/mol. The molecule has 0 fully saturated rings. The molecule has 1 heterocycles. The third kappa shape index (κ3) is 3.35. The van der Waals surface area contributed by atoms with E-state index in [-0.39, 0.29) is 11.3 Å². The van der Waals surface area contributed by atoms with E-state index in [1.165, 1.54) is 6.07 Å². The molecule has 23 heavy (non-hydrogen) atoms. The minimum Gasteiger partial charge on any atom is -0.468 e. The molecular formula is C15H15F3N2O3. The third-order valence-electron chi connectivity index (χ3n) is 3.37. The number of carbonyl (C=O) groups is 1. The van der Waals surface area contributed by atoms with Crippen LogP contribution < -0.4 is 5.56 Å². The van der Waals surface area contributed by atoms with Crippen molar-refractivity contribution < 1.29 is 22.7 Å². The Morgan fingerprint density at radius 2 is 1.96 bits per heavy atom. The van der Waals surface area contributed by atoms with Crippen LogP contribution in [-0.2, 0) is 22.3 Å². The number of esters is 1. The van der Waals surface area contributed by atoms with Crippen molar-refractivity contribution in [2.45, 2.75) is 32.5 Å². The highest BCUT2D eigenvalue weighted by Gasteiger charge is 2.31. The second-order valence-corrected chi connectivity index (χ2v) is 5.34. The van der Waals surface area contributed by atoms with Gasteiger partial charge in [0.2, 0.25) is 0 Å². The molecule has 124 valence electrons. The second kappa shape index (κ2) is 6.02. The molecule has 0 saturated carbocycles. The first kappa shape index (κ1) is 17.0. The van der Waals surface area contributed by atoms with Gasteiger partial charge < -0.3 is 4.74 Å². The van der Waals surface area contributed by atoms with Gasteiger partial charge >= 0.3 is 12.1 Å². The molecule has 1 aromatic carbocycles. The van der Waals surface area contributed by atoms with Crippen LogP contribution in [0.5, 0.6) is 0 Å². The standard InChI is InChI=1S/C15H15F3N2O3/c1-8(2)13-10-5-4-9(15(16,17)18)6-11(10)14(22)20(19-13)7-12(21)23-3/h4-6,8H,7H2,1-3H3. The van der Waals surface area contributed by atoms with Crippen molar-refractivity contribution in [1.82, 2.24) is 9.78 Å². The van der Waals surface area contributed by atoms with Gasteiger partial charge in [0.1, 0.15) is 6.54 Å². The van der Waals surface area contributed by atoms with E-state index in [0.29, 0.717) is 11.1 Å². The molecule has 1 aromatic heterocycles. The van der Waals surface area contributed by atoms with Gasteiger partial charge in [-0.25, -0.2) is 4.68 Å². The lowest BCUT2D eigenvalue weighted by molar-refractivity contribution is -0.141. The highest BCUT2D eigenvalue weighted by atomic mass is 19.4. The van der Waals surface area contributed by atoms with Crippen molar-refractivity contribution in [2.75, 3.05) is 7.11 Å². The van der Waals surface area contributed by atoms with Gasteiger partial charge in [-0.05, 0) is 18.1 Å². The Bertz CT molecular complexity index is 810. The van der Waals surface area contributed by atoms with Gasteiger partial charge in [0.15, 0.2) is 0 Å². The minimum atomic E-state index is -4.56. The Kier molecular flexibility index (Phi) is 4.44. The lowest BCUT2D eigenvalue weighted by Gasteiger charge is -2.14. The summed E-state index contributed by atoms with van der Waals surface area (Å²) in [6.45, 7) is 3.14. The third-order valence-corrected chi connectivity index (χ3v) is 3.37. The zero-order chi connectivity index (χ0) is 17.4. The Balaban J connectivity index is 2.77. The quantitative estimate of drug-likeness (QED) is 0.813. The molecule has 0 amide bonds. The normalized spacial score (nSPS) is 12.0. The molecular weight excluding hydrogens is 313 g/mol. The first-order valence-corrected chi connectivity index (χ1v) is 6.84. The van der Waals surface area contributed by atoms with Crippen molar-refractivity contribution >= 4 is 16.7 Å². The maximum Gasteiger partial charge on any atom is 0.416 e. The van der Waals surface area contributed by atoms with Crippen LogP contribution in [0.15, 0.2) is 23.0 Å². The molecule has 0 unspecified atom stereocenters. The molecule has 0 aliphatic heterocycles. The average molecular weight is 328 g/mol. The lowest BCUT2D eigenvalue weighted by Crippen LogP contribution is -2.29. The van der Waals surface area contributed by atoms with E-state index < -0.39 is 29.8 Å². The van der Waals surface area contributed by atoms with Gasteiger partial charge in [0.05, 0.1) is 23.8 Å². The first-order valence-electron chi connectivity index (χ1n) is 6.84. The fourth-order valence-electron chi connectivity index (χ4n) is 2.21. The van der Waals surface area contributed by atoms with Gasteiger partial charge in [-0.1, -0.05) is 19.9 Å². The van der Waals surface area contributed by atoms with Gasteiger partial charge in [0.25, 0.3) is 5.56 Å². The van der Waals surface area contributed by atoms with E-state index in [0.717, 1.165) is 23.9 Å². The zero-order valence-electron chi connectivity index (χ0n) is 12.8. The van der Waals surface area contributed by atoms with E-state index in [1.807, 2.05) is 0 Å². The summed E-state index contributed by atoms with van der Waals surface area (Å²) in [7, 11) is 1.15. The number of halogens is 3. The number of aromatic nitrogens is 2. The van der Waals surface area contributed by atoms with E-state index in [4.69, 9.17) is 0 Å². The molecule has 2 aromatic rings. The largest absolute Gasteiger partial charge is 0.468 e. The average Bonchev–Trinajstić information content (AvgIpc) is 2.48. The van der Waals surface area contributed by atoms with Crippen molar-refractivity contribution in [2.24, 2.45) is 0 Å². The SMILES string of the molecule is COC(=O)Cn1nc(C(C)C)c2ccc(C(F)(F)F)cc2c1=O. The van der Waals surface area contributed by atoms with Crippen LogP contribution in [0, 0.1) is 0 Å². The number of methoxy groups -OCH3 is 1. The van der Waals surface area contributed by atoms with Gasteiger partial charge in [-0.15, -0.1) is 0 Å². The smallest absolute Gasteiger partial charge is 0.416 e. The fraction of sp³-hybridized carbons (Fsp3) is 0.400. The summed E-state index contributed by atoms with van der Waals surface area (Å²) >= 11 is 0. The Morgan fingerprint density at radius 1 is 1.30 bits per heavy atom. The number of carbonyl (C=O) groups excluding carboxylic acids is 1. The van der Waals surface area contributed by atoms with Crippen LogP contribution in [0.1, 0.15) is 31.0 Å². The minimum absolute atomic E-state index is 0.123. The summed E-state index contributed by atoms with van der Waals surface area (Å²) in [6.07, 6.45) is -4.56. The van der Waals surface area contributed by atoms with Crippen LogP contribution in [0.2, 0.25) is 0 Å². The summed E-state index contributed by atoms with van der Waals surface area (Å²) in [5.74, 6) is -0.848. The van der Waals surface area contributed by atoms with E-state index in [1.54, 1.807) is 13.8 Å². The molecule has 0 spiro atoms. The number of rotatable bonds is 3. The molecule has 0 saturated heterocycles. The van der Waals surface area contributed by atoms with Gasteiger partial charge in [-0.2, -0.15) is 18.3 Å². The first-order chi connectivity index (χ1) is 10.6. The molecule has 0 aliphatic carbocycles. The highest BCUT2D eigenvalue weighted by Crippen LogP contribution is 2.32. The molecule has 2 rings (SSSR count). The summed E-state index contributed by atoms with van der Waals surface area (Å²) in [4.78, 5) is 23.7. The lowest BCUT2D eigenvalue weighted by atomic mass is 10.0. The predicted octanol–water partition coefficient (Wildman–Crippen LogP) is 2.71. The van der Waals surface area contributed by atoms with Crippen LogP contribution in [-0.4, -0.2) is 22.9 Å². The number of fused-ring (bicyclic) bond motifs is 1. The number of hydrogen-bond donors (Lipinski definition) is 0. The maximum atomic E-state index is 12.9. The number of alkyl halides is 3. The highest BCUT2D eigenvalue weighted by molar-refractivity contribution is 5.85. The topological polar surface area (TPSA) is 61.2 Å². The van der Waals surface area contributed by atoms with Gasteiger partial charge in [0, 0.05) is 5.39 Å². The second-order valence-electron chi connectivity index (χ2n) is 5.34. The van der Waals surface area contributed by atoms with Crippen molar-refractivity contribution in [3.05, 3.63) is 39.8 Å². The number of hydrogen-bond acceptors (Lipinski definition) is 4.